The molecule has 2 rings (SSSR count). The third kappa shape index (κ3) is 2.24. The van der Waals surface area contributed by atoms with Crippen LogP contribution in [0.1, 0.15) is 22.8 Å². The highest BCUT2D eigenvalue weighted by molar-refractivity contribution is 7.80. The van der Waals surface area contributed by atoms with Crippen molar-refractivity contribution in [2.45, 2.75) is 13.8 Å². The van der Waals surface area contributed by atoms with E-state index in [4.69, 9.17) is 12.2 Å². The van der Waals surface area contributed by atoms with Gasteiger partial charge in [-0.05, 0) is 13.8 Å². The number of hydrogen-bond acceptors (Lipinski definition) is 5. The highest BCUT2D eigenvalue weighted by atomic mass is 32.1. The molecule has 2 heterocycles. The first-order valence-electron chi connectivity index (χ1n) is 5.01. The van der Waals surface area contributed by atoms with Crippen LogP contribution >= 0.6 is 23.6 Å². The Hall–Kier alpha value is -1.80. The lowest BCUT2D eigenvalue weighted by atomic mass is 10.2. The number of carboxylic acid groups (broad SMARTS) is 1. The van der Waals surface area contributed by atoms with E-state index in [0.29, 0.717) is 20.6 Å². The number of anilines is 1. The summed E-state index contributed by atoms with van der Waals surface area (Å²) in [6.07, 6.45) is 3.20. The van der Waals surface area contributed by atoms with E-state index in [1.165, 1.54) is 22.2 Å². The molecule has 0 atom stereocenters. The van der Waals surface area contributed by atoms with E-state index >= 15 is 0 Å². The van der Waals surface area contributed by atoms with Crippen LogP contribution in [0.15, 0.2) is 12.4 Å². The second-order valence-electron chi connectivity index (χ2n) is 3.57. The summed E-state index contributed by atoms with van der Waals surface area (Å²) in [4.78, 5) is 11.8. The van der Waals surface area contributed by atoms with Crippen LogP contribution in [0.4, 0.5) is 5.00 Å². The van der Waals surface area contributed by atoms with Crippen LogP contribution < -0.4 is 5.32 Å². The second-order valence-corrected chi connectivity index (χ2v) is 5.18. The van der Waals surface area contributed by atoms with E-state index in [1.54, 1.807) is 20.0 Å². The van der Waals surface area contributed by atoms with Gasteiger partial charge >= 0.3 is 5.97 Å². The molecule has 0 aliphatic carbocycles. The molecular weight excluding hydrogens is 272 g/mol. The molecule has 0 amide bonds. The van der Waals surface area contributed by atoms with Crippen molar-refractivity contribution >= 4 is 39.5 Å². The van der Waals surface area contributed by atoms with E-state index in [2.05, 4.69) is 15.6 Å². The van der Waals surface area contributed by atoms with Gasteiger partial charge in [0.25, 0.3) is 0 Å². The van der Waals surface area contributed by atoms with Gasteiger partial charge in [0.2, 0.25) is 0 Å². The Balaban J connectivity index is 2.57. The largest absolute Gasteiger partial charge is 0.478 e. The molecule has 2 aromatic heterocycles. The van der Waals surface area contributed by atoms with Crippen LogP contribution in [-0.2, 0) is 0 Å². The van der Waals surface area contributed by atoms with Gasteiger partial charge in [0.1, 0.15) is 10.0 Å². The Bertz CT molecular complexity index is 604. The van der Waals surface area contributed by atoms with Crippen molar-refractivity contribution in [1.82, 2.24) is 15.0 Å². The van der Waals surface area contributed by atoms with Gasteiger partial charge in [-0.25, -0.2) is 9.48 Å². The highest BCUT2D eigenvalue weighted by Crippen LogP contribution is 2.35. The number of aromatic carboxylic acids is 1. The van der Waals surface area contributed by atoms with Crippen molar-refractivity contribution in [1.29, 1.82) is 0 Å². The highest BCUT2D eigenvalue weighted by Gasteiger charge is 2.22. The molecule has 6 nitrogen and oxygen atoms in total. The Labute approximate surface area is 112 Å². The van der Waals surface area contributed by atoms with Crippen LogP contribution in [0, 0.1) is 6.92 Å². The molecule has 0 saturated carbocycles. The summed E-state index contributed by atoms with van der Waals surface area (Å²) in [5.41, 5.74) is 0.853. The van der Waals surface area contributed by atoms with Crippen molar-refractivity contribution < 1.29 is 9.90 Å². The number of rotatable bonds is 3. The van der Waals surface area contributed by atoms with E-state index in [-0.39, 0.29) is 5.56 Å². The number of aromatic nitrogens is 3. The lowest BCUT2D eigenvalue weighted by Crippen LogP contribution is -2.07. The lowest BCUT2D eigenvalue weighted by Gasteiger charge is -2.01. The van der Waals surface area contributed by atoms with Gasteiger partial charge < -0.3 is 10.4 Å². The average Bonchev–Trinajstić information content (AvgIpc) is 2.84. The van der Waals surface area contributed by atoms with Gasteiger partial charge in [0, 0.05) is 5.56 Å². The van der Waals surface area contributed by atoms with Crippen molar-refractivity contribution in [2.75, 3.05) is 5.32 Å². The van der Waals surface area contributed by atoms with Gasteiger partial charge in [0.05, 0.1) is 22.9 Å². The zero-order chi connectivity index (χ0) is 13.3. The maximum Gasteiger partial charge on any atom is 0.339 e. The number of nitrogens with one attached hydrogen (secondary N) is 1. The molecule has 0 aliphatic rings. The number of thiophene rings is 1. The summed E-state index contributed by atoms with van der Waals surface area (Å²) in [6.45, 7) is 3.44. The molecular formula is C10H10N4O2S2. The number of thiocarbonyl (C=S) groups is 1. The summed E-state index contributed by atoms with van der Waals surface area (Å²) in [7, 11) is 0. The van der Waals surface area contributed by atoms with E-state index < -0.39 is 5.97 Å². The number of hydrogen-bond donors (Lipinski definition) is 2. The normalized spacial score (nSPS) is 10.3. The maximum atomic E-state index is 11.3. The van der Waals surface area contributed by atoms with Crippen molar-refractivity contribution in [3.63, 3.8) is 0 Å². The first-order valence-corrected chi connectivity index (χ1v) is 6.24. The predicted octanol–water partition coefficient (Wildman–Crippen LogP) is 2.09. The molecule has 2 N–H and O–H groups in total. The topological polar surface area (TPSA) is 80.0 Å². The minimum absolute atomic E-state index is 0.217. The number of nitrogens with zero attached hydrogens (tertiary/aromatic N) is 3. The number of carbonyl (C=O) groups is 1. The number of carboxylic acids is 1. The lowest BCUT2D eigenvalue weighted by molar-refractivity contribution is 0.0698. The van der Waals surface area contributed by atoms with Gasteiger partial charge in [-0.1, -0.05) is 28.8 Å². The van der Waals surface area contributed by atoms with E-state index in [0.717, 1.165) is 0 Å². The Kier molecular flexibility index (Phi) is 3.39. The summed E-state index contributed by atoms with van der Waals surface area (Å²) < 4.78 is 1.54. The third-order valence-electron chi connectivity index (χ3n) is 2.26. The van der Waals surface area contributed by atoms with Crippen LogP contribution in [0.5, 0.6) is 0 Å². The molecule has 18 heavy (non-hydrogen) atoms. The molecule has 94 valence electrons. The van der Waals surface area contributed by atoms with E-state index in [1.807, 2.05) is 0 Å². The fourth-order valence-corrected chi connectivity index (χ4v) is 2.89. The zero-order valence-electron chi connectivity index (χ0n) is 9.67. The molecule has 0 unspecified atom stereocenters. The molecule has 0 aliphatic heterocycles. The fraction of sp³-hybridized carbons (Fsp3) is 0.200. The van der Waals surface area contributed by atoms with Gasteiger partial charge in [-0.3, -0.25) is 0 Å². The maximum absolute atomic E-state index is 11.3. The molecule has 0 spiro atoms. The van der Waals surface area contributed by atoms with Gasteiger partial charge in [-0.15, -0.1) is 5.10 Å². The van der Waals surface area contributed by atoms with Crippen LogP contribution in [0.25, 0.3) is 5.00 Å². The Morgan fingerprint density at radius 1 is 1.61 bits per heavy atom. The molecule has 0 bridgehead atoms. The van der Waals surface area contributed by atoms with Crippen LogP contribution in [0.3, 0.4) is 0 Å². The van der Waals surface area contributed by atoms with Gasteiger partial charge in [-0.2, -0.15) is 0 Å². The molecule has 8 heteroatoms. The van der Waals surface area contributed by atoms with Crippen LogP contribution in [0.2, 0.25) is 0 Å². The summed E-state index contributed by atoms with van der Waals surface area (Å²) in [5, 5.41) is 20.9. The third-order valence-corrected chi connectivity index (χ3v) is 3.55. The SMILES string of the molecule is CC(=S)Nc1sc(-n2ccnn2)c(C)c1C(=O)O. The van der Waals surface area contributed by atoms with Crippen molar-refractivity contribution in [3.8, 4) is 5.00 Å². The predicted molar refractivity (Wildman–Crippen MR) is 72.8 cm³/mol. The monoisotopic (exact) mass is 282 g/mol. The zero-order valence-corrected chi connectivity index (χ0v) is 11.3. The Morgan fingerprint density at radius 2 is 2.33 bits per heavy atom. The molecule has 0 radical (unpaired) electrons. The minimum Gasteiger partial charge on any atom is -0.478 e. The summed E-state index contributed by atoms with van der Waals surface area (Å²) in [6, 6.07) is 0. The van der Waals surface area contributed by atoms with E-state index in [9.17, 15) is 9.90 Å². The van der Waals surface area contributed by atoms with Crippen LogP contribution in [-0.4, -0.2) is 31.1 Å². The molecule has 0 fully saturated rings. The van der Waals surface area contributed by atoms with Crippen molar-refractivity contribution in [3.05, 3.63) is 23.5 Å². The van der Waals surface area contributed by atoms with Gasteiger partial charge in [0.15, 0.2) is 0 Å². The first kappa shape index (κ1) is 12.7. The molecule has 2 aromatic rings. The smallest absolute Gasteiger partial charge is 0.339 e. The standard InChI is InChI=1S/C10H10N4O2S2/c1-5-7(10(15)16)8(12-6(2)17)18-9(5)14-4-3-11-13-14/h3-4H,1-2H3,(H,12,17)(H,15,16). The Morgan fingerprint density at radius 3 is 2.83 bits per heavy atom. The quantitative estimate of drug-likeness (QED) is 0.839. The summed E-state index contributed by atoms with van der Waals surface area (Å²) >= 11 is 6.23. The molecule has 0 aromatic carbocycles. The summed E-state index contributed by atoms with van der Waals surface area (Å²) in [5.74, 6) is -0.992. The first-order chi connectivity index (χ1) is 8.50. The fourth-order valence-electron chi connectivity index (χ4n) is 1.54. The van der Waals surface area contributed by atoms with Crippen molar-refractivity contribution in [2.24, 2.45) is 0 Å². The minimum atomic E-state index is -0.992. The average molecular weight is 282 g/mol. The molecule has 0 saturated heterocycles. The second kappa shape index (κ2) is 4.83.